The number of hydrogen-bond acceptors (Lipinski definition) is 9. The van der Waals surface area contributed by atoms with Gasteiger partial charge in [0.15, 0.2) is 11.5 Å². The molecule has 6 rings (SSSR count). The lowest BCUT2D eigenvalue weighted by atomic mass is 9.97. The quantitative estimate of drug-likeness (QED) is 0.500. The van der Waals surface area contributed by atoms with E-state index in [1.54, 1.807) is 10.7 Å². The standard InChI is InChI=1S/C22H27N9O2/c1-14-18(21-24-6-10-33-21)26-22(23)31-20(14)27-19(28-31)15-3-2-7-29(12-15)17-11-25-30(13-17)16-4-8-32-9-5-16/h6,10-11,13,15-16H,2-5,7-9,12H2,1H3,(H2,23,26)/t15-/m1/s1. The second-order valence-electron chi connectivity index (χ2n) is 8.79. The first kappa shape index (κ1) is 20.2. The van der Waals surface area contributed by atoms with Crippen LogP contribution in [0.3, 0.4) is 0 Å². The van der Waals surface area contributed by atoms with Gasteiger partial charge in [-0.2, -0.15) is 9.61 Å². The van der Waals surface area contributed by atoms with Gasteiger partial charge in [-0.05, 0) is 32.6 Å². The number of nitrogens with two attached hydrogens (primary N) is 1. The van der Waals surface area contributed by atoms with E-state index in [1.807, 2.05) is 13.1 Å². The Morgan fingerprint density at radius 3 is 2.85 bits per heavy atom. The van der Waals surface area contributed by atoms with Crippen LogP contribution in [0.1, 0.15) is 49.0 Å². The Morgan fingerprint density at radius 1 is 1.15 bits per heavy atom. The number of anilines is 2. The summed E-state index contributed by atoms with van der Waals surface area (Å²) in [4.78, 5) is 15.9. The van der Waals surface area contributed by atoms with E-state index in [2.05, 4.69) is 30.8 Å². The van der Waals surface area contributed by atoms with Crippen molar-refractivity contribution in [2.45, 2.75) is 44.6 Å². The number of fused-ring (bicyclic) bond motifs is 1. The fourth-order valence-electron chi connectivity index (χ4n) is 4.87. The number of aryl methyl sites for hydroxylation is 1. The van der Waals surface area contributed by atoms with Crippen molar-refractivity contribution < 1.29 is 9.15 Å². The van der Waals surface area contributed by atoms with Crippen LogP contribution in [-0.4, -0.2) is 60.6 Å². The molecule has 0 bridgehead atoms. The zero-order valence-corrected chi connectivity index (χ0v) is 18.6. The molecule has 0 radical (unpaired) electrons. The molecule has 0 saturated carbocycles. The summed E-state index contributed by atoms with van der Waals surface area (Å²) in [6, 6.07) is 0.421. The average Bonchev–Trinajstić information content (AvgIpc) is 3.62. The number of aromatic nitrogens is 7. The minimum atomic E-state index is 0.203. The lowest BCUT2D eigenvalue weighted by molar-refractivity contribution is 0.0662. The van der Waals surface area contributed by atoms with Crippen LogP contribution in [-0.2, 0) is 4.74 Å². The third-order valence-electron chi connectivity index (χ3n) is 6.70. The maximum atomic E-state index is 6.22. The van der Waals surface area contributed by atoms with Crippen LogP contribution in [0.2, 0.25) is 0 Å². The highest BCUT2D eigenvalue weighted by atomic mass is 16.5. The van der Waals surface area contributed by atoms with E-state index in [0.717, 1.165) is 69.1 Å². The highest BCUT2D eigenvalue weighted by molar-refractivity contribution is 5.65. The van der Waals surface area contributed by atoms with Crippen molar-refractivity contribution in [2.24, 2.45) is 0 Å². The molecule has 0 aromatic carbocycles. The minimum Gasteiger partial charge on any atom is -0.443 e. The lowest BCUT2D eigenvalue weighted by Gasteiger charge is -2.32. The van der Waals surface area contributed by atoms with Gasteiger partial charge in [0.1, 0.15) is 12.0 Å². The molecule has 33 heavy (non-hydrogen) atoms. The molecular formula is C22H27N9O2. The van der Waals surface area contributed by atoms with Gasteiger partial charge in [-0.1, -0.05) is 0 Å². The van der Waals surface area contributed by atoms with Gasteiger partial charge >= 0.3 is 0 Å². The van der Waals surface area contributed by atoms with Crippen molar-refractivity contribution in [3.8, 4) is 11.6 Å². The summed E-state index contributed by atoms with van der Waals surface area (Å²) < 4.78 is 14.6. The van der Waals surface area contributed by atoms with Crippen LogP contribution in [0.5, 0.6) is 0 Å². The van der Waals surface area contributed by atoms with E-state index < -0.39 is 0 Å². The van der Waals surface area contributed by atoms with Crippen LogP contribution < -0.4 is 10.6 Å². The fourth-order valence-corrected chi connectivity index (χ4v) is 4.87. The predicted octanol–water partition coefficient (Wildman–Crippen LogP) is 2.60. The molecule has 2 saturated heterocycles. The van der Waals surface area contributed by atoms with E-state index in [0.29, 0.717) is 23.3 Å². The zero-order valence-electron chi connectivity index (χ0n) is 18.6. The van der Waals surface area contributed by atoms with E-state index in [-0.39, 0.29) is 11.9 Å². The van der Waals surface area contributed by atoms with Gasteiger partial charge in [0, 0.05) is 44.0 Å². The molecule has 0 spiro atoms. The molecule has 172 valence electrons. The van der Waals surface area contributed by atoms with Crippen LogP contribution >= 0.6 is 0 Å². The Hall–Kier alpha value is -3.47. The Labute approximate surface area is 190 Å². The molecule has 2 fully saturated rings. The van der Waals surface area contributed by atoms with Crippen LogP contribution in [0.25, 0.3) is 17.2 Å². The molecule has 11 heteroatoms. The van der Waals surface area contributed by atoms with Gasteiger partial charge in [0.25, 0.3) is 0 Å². The normalized spacial score (nSPS) is 20.0. The molecule has 1 atom stereocenters. The molecule has 6 heterocycles. The second-order valence-corrected chi connectivity index (χ2v) is 8.79. The van der Waals surface area contributed by atoms with Gasteiger partial charge < -0.3 is 19.8 Å². The maximum Gasteiger partial charge on any atom is 0.245 e. The summed E-state index contributed by atoms with van der Waals surface area (Å²) in [6.45, 7) is 5.40. The van der Waals surface area contributed by atoms with Crippen molar-refractivity contribution in [3.63, 3.8) is 0 Å². The summed E-state index contributed by atoms with van der Waals surface area (Å²) in [7, 11) is 0. The zero-order chi connectivity index (χ0) is 22.4. The lowest BCUT2D eigenvalue weighted by Crippen LogP contribution is -2.34. The number of nitrogens with zero attached hydrogens (tertiary/aromatic N) is 8. The van der Waals surface area contributed by atoms with E-state index >= 15 is 0 Å². The Bertz CT molecular complexity index is 1260. The Balaban J connectivity index is 1.26. The molecule has 0 aliphatic carbocycles. The number of nitrogen functional groups attached to an aromatic ring is 1. The third-order valence-corrected chi connectivity index (χ3v) is 6.70. The van der Waals surface area contributed by atoms with E-state index in [4.69, 9.17) is 25.0 Å². The molecular weight excluding hydrogens is 422 g/mol. The molecule has 2 aliphatic heterocycles. The van der Waals surface area contributed by atoms with Gasteiger partial charge in [-0.25, -0.2) is 15.0 Å². The van der Waals surface area contributed by atoms with Crippen LogP contribution in [0, 0.1) is 6.92 Å². The third kappa shape index (κ3) is 3.62. The van der Waals surface area contributed by atoms with Gasteiger partial charge in [0.05, 0.1) is 24.1 Å². The molecule has 4 aromatic rings. The Kier molecular flexibility index (Phi) is 4.97. The monoisotopic (exact) mass is 449 g/mol. The molecule has 0 unspecified atom stereocenters. The first-order chi connectivity index (χ1) is 16.2. The van der Waals surface area contributed by atoms with E-state index in [1.165, 1.54) is 6.26 Å². The molecule has 0 amide bonds. The Morgan fingerprint density at radius 2 is 2.03 bits per heavy atom. The average molecular weight is 450 g/mol. The molecule has 11 nitrogen and oxygen atoms in total. The highest BCUT2D eigenvalue weighted by Crippen LogP contribution is 2.31. The van der Waals surface area contributed by atoms with E-state index in [9.17, 15) is 0 Å². The van der Waals surface area contributed by atoms with Crippen molar-refractivity contribution in [1.29, 1.82) is 0 Å². The first-order valence-corrected chi connectivity index (χ1v) is 11.5. The highest BCUT2D eigenvalue weighted by Gasteiger charge is 2.28. The number of oxazole rings is 1. The fraction of sp³-hybridized carbons (Fsp3) is 0.500. The number of ether oxygens (including phenoxy) is 1. The van der Waals surface area contributed by atoms with Gasteiger partial charge in [-0.3, -0.25) is 4.68 Å². The van der Waals surface area contributed by atoms with Crippen LogP contribution in [0.4, 0.5) is 11.6 Å². The summed E-state index contributed by atoms with van der Waals surface area (Å²) in [5.41, 5.74) is 9.49. The van der Waals surface area contributed by atoms with Crippen molar-refractivity contribution in [1.82, 2.24) is 34.3 Å². The first-order valence-electron chi connectivity index (χ1n) is 11.5. The molecule has 2 N–H and O–H groups in total. The SMILES string of the molecule is Cc1c(-c2ncco2)nc(N)n2nc([C@@H]3CCCN(c4cnn(C5CCOCC5)c4)C3)nc12. The molecule has 2 aliphatic rings. The second kappa shape index (κ2) is 8.14. The number of hydrogen-bond donors (Lipinski definition) is 1. The summed E-state index contributed by atoms with van der Waals surface area (Å²) in [5.74, 6) is 1.69. The number of piperidine rings is 1. The maximum absolute atomic E-state index is 6.22. The van der Waals surface area contributed by atoms with Gasteiger partial charge in [0.2, 0.25) is 11.8 Å². The largest absolute Gasteiger partial charge is 0.443 e. The summed E-state index contributed by atoms with van der Waals surface area (Å²) >= 11 is 0. The summed E-state index contributed by atoms with van der Waals surface area (Å²) in [5, 5.41) is 9.38. The smallest absolute Gasteiger partial charge is 0.245 e. The van der Waals surface area contributed by atoms with Crippen molar-refractivity contribution in [2.75, 3.05) is 36.9 Å². The summed E-state index contributed by atoms with van der Waals surface area (Å²) in [6.07, 6.45) is 11.4. The van der Waals surface area contributed by atoms with Crippen molar-refractivity contribution in [3.05, 3.63) is 36.2 Å². The topological polar surface area (TPSA) is 125 Å². The van der Waals surface area contributed by atoms with Gasteiger partial charge in [-0.15, -0.1) is 5.10 Å². The minimum absolute atomic E-state index is 0.203. The molecule has 4 aromatic heterocycles. The van der Waals surface area contributed by atoms with Crippen LogP contribution in [0.15, 0.2) is 29.3 Å². The van der Waals surface area contributed by atoms with Crippen molar-refractivity contribution >= 4 is 17.3 Å². The predicted molar refractivity (Wildman–Crippen MR) is 121 cm³/mol. The number of rotatable bonds is 4.